The highest BCUT2D eigenvalue weighted by Gasteiger charge is 2.45. The number of amides is 1. The van der Waals surface area contributed by atoms with Crippen LogP contribution in [0.5, 0.6) is 0 Å². The molecule has 1 aliphatic carbocycles. The molecule has 0 bridgehead atoms. The number of piperazine rings is 1. The highest BCUT2D eigenvalue weighted by Crippen LogP contribution is 2.48. The summed E-state index contributed by atoms with van der Waals surface area (Å²) in [6.45, 7) is 5.47. The summed E-state index contributed by atoms with van der Waals surface area (Å²) in [6.07, 6.45) is 2.54. The monoisotopic (exact) mass is 339 g/mol. The number of carbonyl (C=O) groups is 1. The van der Waals surface area contributed by atoms with E-state index in [-0.39, 0.29) is 17.7 Å². The van der Waals surface area contributed by atoms with Gasteiger partial charge in [-0.2, -0.15) is 0 Å². The molecule has 2 atom stereocenters. The van der Waals surface area contributed by atoms with Gasteiger partial charge in [-0.1, -0.05) is 12.1 Å². The van der Waals surface area contributed by atoms with Crippen molar-refractivity contribution in [2.24, 2.45) is 5.92 Å². The highest BCUT2D eigenvalue weighted by atomic mass is 16.3. The van der Waals surface area contributed by atoms with Gasteiger partial charge in [0.1, 0.15) is 5.76 Å². The first kappa shape index (κ1) is 16.4. The van der Waals surface area contributed by atoms with Gasteiger partial charge in [0.25, 0.3) is 0 Å². The summed E-state index contributed by atoms with van der Waals surface area (Å²) in [4.78, 5) is 17.2. The molecule has 5 nitrogen and oxygen atoms in total. The SMILES string of the molecule is CN1CCN(Cc2ccc(NC(=O)[C@@H]3C[C@H]3c3ccco3)cc2)CC1. The first-order valence-electron chi connectivity index (χ1n) is 9.03. The lowest BCUT2D eigenvalue weighted by Crippen LogP contribution is -2.43. The van der Waals surface area contributed by atoms with Gasteiger partial charge in [0, 0.05) is 50.2 Å². The topological polar surface area (TPSA) is 48.7 Å². The minimum absolute atomic E-state index is 0.0381. The number of rotatable bonds is 5. The fourth-order valence-electron chi connectivity index (χ4n) is 3.49. The van der Waals surface area contributed by atoms with Gasteiger partial charge in [0.05, 0.1) is 6.26 Å². The fraction of sp³-hybridized carbons (Fsp3) is 0.450. The molecule has 5 heteroatoms. The Balaban J connectivity index is 1.28. The summed E-state index contributed by atoms with van der Waals surface area (Å²) in [5.74, 6) is 1.29. The summed E-state index contributed by atoms with van der Waals surface area (Å²) in [6, 6.07) is 12.1. The van der Waals surface area contributed by atoms with Crippen molar-refractivity contribution in [1.29, 1.82) is 0 Å². The van der Waals surface area contributed by atoms with Gasteiger partial charge in [-0.05, 0) is 43.3 Å². The van der Waals surface area contributed by atoms with E-state index in [9.17, 15) is 4.79 Å². The number of benzene rings is 1. The van der Waals surface area contributed by atoms with Gasteiger partial charge in [0.2, 0.25) is 5.91 Å². The average molecular weight is 339 g/mol. The molecule has 2 fully saturated rings. The summed E-state index contributed by atoms with van der Waals surface area (Å²) >= 11 is 0. The molecule has 0 radical (unpaired) electrons. The predicted octanol–water partition coefficient (Wildman–Crippen LogP) is 2.77. The minimum Gasteiger partial charge on any atom is -0.469 e. The zero-order valence-corrected chi connectivity index (χ0v) is 14.6. The Hall–Kier alpha value is -2.11. The van der Waals surface area contributed by atoms with Crippen LogP contribution in [0.25, 0.3) is 0 Å². The maximum atomic E-state index is 12.3. The molecule has 0 spiro atoms. The first-order valence-corrected chi connectivity index (χ1v) is 9.03. The zero-order valence-electron chi connectivity index (χ0n) is 14.6. The van der Waals surface area contributed by atoms with E-state index in [1.165, 1.54) is 5.56 Å². The van der Waals surface area contributed by atoms with E-state index in [1.54, 1.807) is 6.26 Å². The van der Waals surface area contributed by atoms with E-state index < -0.39 is 0 Å². The maximum absolute atomic E-state index is 12.3. The number of hydrogen-bond acceptors (Lipinski definition) is 4. The van der Waals surface area contributed by atoms with Gasteiger partial charge in [0.15, 0.2) is 0 Å². The quantitative estimate of drug-likeness (QED) is 0.910. The van der Waals surface area contributed by atoms with E-state index in [0.29, 0.717) is 0 Å². The Bertz CT molecular complexity index is 703. The van der Waals surface area contributed by atoms with Gasteiger partial charge < -0.3 is 14.6 Å². The van der Waals surface area contributed by atoms with E-state index in [4.69, 9.17) is 4.42 Å². The predicted molar refractivity (Wildman–Crippen MR) is 97.4 cm³/mol. The van der Waals surface area contributed by atoms with Crippen molar-refractivity contribution in [3.05, 3.63) is 54.0 Å². The fourth-order valence-corrected chi connectivity index (χ4v) is 3.49. The second-order valence-corrected chi connectivity index (χ2v) is 7.23. The molecule has 1 saturated heterocycles. The molecule has 0 unspecified atom stereocenters. The molecule has 25 heavy (non-hydrogen) atoms. The number of nitrogens with one attached hydrogen (secondary N) is 1. The van der Waals surface area contributed by atoms with Gasteiger partial charge >= 0.3 is 0 Å². The van der Waals surface area contributed by atoms with Crippen molar-refractivity contribution < 1.29 is 9.21 Å². The van der Waals surface area contributed by atoms with Crippen LogP contribution >= 0.6 is 0 Å². The summed E-state index contributed by atoms with van der Waals surface area (Å²) < 4.78 is 5.39. The lowest BCUT2D eigenvalue weighted by Gasteiger charge is -2.32. The van der Waals surface area contributed by atoms with Crippen molar-refractivity contribution in [3.63, 3.8) is 0 Å². The molecule has 2 heterocycles. The van der Waals surface area contributed by atoms with E-state index in [1.807, 2.05) is 24.3 Å². The Morgan fingerprint density at radius 2 is 1.92 bits per heavy atom. The Morgan fingerprint density at radius 1 is 1.16 bits per heavy atom. The molecule has 2 aliphatic rings. The first-order chi connectivity index (χ1) is 12.2. The smallest absolute Gasteiger partial charge is 0.228 e. The van der Waals surface area contributed by atoms with Crippen LogP contribution in [0, 0.1) is 5.92 Å². The molecule has 1 saturated carbocycles. The molecule has 4 rings (SSSR count). The van der Waals surface area contributed by atoms with Crippen molar-refractivity contribution in [3.8, 4) is 0 Å². The molecule has 2 aromatic rings. The third-order valence-corrected chi connectivity index (χ3v) is 5.26. The van der Waals surface area contributed by atoms with Crippen LogP contribution in [0.3, 0.4) is 0 Å². The van der Waals surface area contributed by atoms with Gasteiger partial charge in [-0.15, -0.1) is 0 Å². The van der Waals surface area contributed by atoms with Crippen molar-refractivity contribution in [1.82, 2.24) is 9.80 Å². The number of carbonyl (C=O) groups excluding carboxylic acids is 1. The lowest BCUT2D eigenvalue weighted by molar-refractivity contribution is -0.117. The highest BCUT2D eigenvalue weighted by molar-refractivity contribution is 5.95. The van der Waals surface area contributed by atoms with Crippen LogP contribution in [0.15, 0.2) is 47.1 Å². The van der Waals surface area contributed by atoms with Crippen molar-refractivity contribution >= 4 is 11.6 Å². The van der Waals surface area contributed by atoms with Gasteiger partial charge in [-0.25, -0.2) is 0 Å². The number of likely N-dealkylation sites (N-methyl/N-ethyl adjacent to an activating group) is 1. The Morgan fingerprint density at radius 3 is 2.60 bits per heavy atom. The molecule has 1 aromatic carbocycles. The third kappa shape index (κ3) is 3.94. The van der Waals surface area contributed by atoms with Crippen LogP contribution in [-0.2, 0) is 11.3 Å². The van der Waals surface area contributed by atoms with E-state index in [2.05, 4.69) is 34.3 Å². The second-order valence-electron chi connectivity index (χ2n) is 7.23. The molecule has 1 amide bonds. The minimum atomic E-state index is 0.0381. The number of furan rings is 1. The third-order valence-electron chi connectivity index (χ3n) is 5.26. The lowest BCUT2D eigenvalue weighted by atomic mass is 10.1. The number of nitrogens with zero attached hydrogens (tertiary/aromatic N) is 2. The van der Waals surface area contributed by atoms with Crippen molar-refractivity contribution in [2.75, 3.05) is 38.5 Å². The van der Waals surface area contributed by atoms with Crippen LogP contribution in [-0.4, -0.2) is 48.9 Å². The van der Waals surface area contributed by atoms with Gasteiger partial charge in [-0.3, -0.25) is 9.69 Å². The second kappa shape index (κ2) is 7.02. The van der Waals surface area contributed by atoms with E-state index >= 15 is 0 Å². The van der Waals surface area contributed by atoms with Crippen LogP contribution in [0.1, 0.15) is 23.7 Å². The normalized spacial score (nSPS) is 24.2. The molecule has 1 aliphatic heterocycles. The molecule has 1 N–H and O–H groups in total. The molecule has 132 valence electrons. The summed E-state index contributed by atoms with van der Waals surface area (Å²) in [5, 5.41) is 3.03. The molecule has 1 aromatic heterocycles. The maximum Gasteiger partial charge on any atom is 0.228 e. The Labute approximate surface area is 148 Å². The van der Waals surface area contributed by atoms with Crippen LogP contribution in [0.4, 0.5) is 5.69 Å². The van der Waals surface area contributed by atoms with Crippen LogP contribution in [0.2, 0.25) is 0 Å². The van der Waals surface area contributed by atoms with Crippen LogP contribution < -0.4 is 5.32 Å². The summed E-state index contributed by atoms with van der Waals surface area (Å²) in [7, 11) is 2.17. The molecular formula is C20H25N3O2. The standard InChI is InChI=1S/C20H25N3O2/c1-22-8-10-23(11-9-22)14-15-4-6-16(7-5-15)21-20(24)18-13-17(18)19-3-2-12-25-19/h2-7,12,17-18H,8-11,13-14H2,1H3,(H,21,24)/t17-,18-/m1/s1. The largest absolute Gasteiger partial charge is 0.469 e. The van der Waals surface area contributed by atoms with E-state index in [0.717, 1.165) is 50.6 Å². The molecular weight excluding hydrogens is 314 g/mol. The van der Waals surface area contributed by atoms with Crippen molar-refractivity contribution in [2.45, 2.75) is 18.9 Å². The number of anilines is 1. The Kier molecular flexibility index (Phi) is 4.59. The average Bonchev–Trinajstić information content (AvgIpc) is 3.24. The zero-order chi connectivity index (χ0) is 17.2. The summed E-state index contributed by atoms with van der Waals surface area (Å²) in [5.41, 5.74) is 2.17. The number of hydrogen-bond donors (Lipinski definition) is 1.